The van der Waals surface area contributed by atoms with Crippen LogP contribution in [0.15, 0.2) is 12.4 Å². The van der Waals surface area contributed by atoms with Crippen LogP contribution in [0.4, 0.5) is 0 Å². The average Bonchev–Trinajstić information content (AvgIpc) is 2.76. The van der Waals surface area contributed by atoms with E-state index >= 15 is 0 Å². The minimum Gasteiger partial charge on any atom is -0.381 e. The zero-order valence-electron chi connectivity index (χ0n) is 10.7. The summed E-state index contributed by atoms with van der Waals surface area (Å²) in [6, 6.07) is 0. The minimum atomic E-state index is -1.03. The van der Waals surface area contributed by atoms with Gasteiger partial charge in [0, 0.05) is 26.0 Å². The third kappa shape index (κ3) is 3.52. The Morgan fingerprint density at radius 3 is 2.94 bits per heavy atom. The summed E-state index contributed by atoms with van der Waals surface area (Å²) in [5.41, 5.74) is 4.47. The molecule has 0 aliphatic heterocycles. The molecule has 0 fully saturated rings. The summed E-state index contributed by atoms with van der Waals surface area (Å²) < 4.78 is 7.10. The molecule has 98 valence electrons. The van der Waals surface area contributed by atoms with Gasteiger partial charge in [0.15, 0.2) is 0 Å². The van der Waals surface area contributed by atoms with E-state index in [0.29, 0.717) is 18.8 Å². The maximum Gasteiger partial charge on any atom is 0.145 e. The number of hydrogen-bond donors (Lipinski definition) is 2. The van der Waals surface area contributed by atoms with Crippen molar-refractivity contribution in [3.05, 3.63) is 18.2 Å². The molecule has 0 amide bonds. The Kier molecular flexibility index (Phi) is 5.61. The van der Waals surface area contributed by atoms with Crippen molar-refractivity contribution >= 4 is 0 Å². The van der Waals surface area contributed by atoms with Crippen LogP contribution in [0.3, 0.4) is 0 Å². The Morgan fingerprint density at radius 1 is 1.59 bits per heavy atom. The number of hydrogen-bond acceptors (Lipinski definition) is 4. The Balaban J connectivity index is 2.90. The monoisotopic (exact) mass is 241 g/mol. The van der Waals surface area contributed by atoms with Gasteiger partial charge in [-0.3, -0.25) is 0 Å². The van der Waals surface area contributed by atoms with Crippen LogP contribution in [0.25, 0.3) is 0 Å². The number of rotatable bonds is 8. The highest BCUT2D eigenvalue weighted by Gasteiger charge is 2.33. The van der Waals surface area contributed by atoms with Crippen LogP contribution < -0.4 is 5.73 Å². The number of methoxy groups -OCH3 is 1. The standard InChI is InChI=1S/C12H23N3O2/c1-3-8-15-9-7-14-11(15)12(16,10-17-2)5-4-6-13/h7,9,16H,3-6,8,10,13H2,1-2H3. The highest BCUT2D eigenvalue weighted by Crippen LogP contribution is 2.25. The van der Waals surface area contributed by atoms with E-state index in [1.54, 1.807) is 13.3 Å². The van der Waals surface area contributed by atoms with Gasteiger partial charge in [0.05, 0.1) is 6.61 Å². The number of aryl methyl sites for hydroxylation is 1. The molecule has 3 N–H and O–H groups in total. The van der Waals surface area contributed by atoms with Gasteiger partial charge in [-0.05, 0) is 25.8 Å². The lowest BCUT2D eigenvalue weighted by Crippen LogP contribution is -2.35. The lowest BCUT2D eigenvalue weighted by molar-refractivity contribution is -0.0517. The van der Waals surface area contributed by atoms with Crippen molar-refractivity contribution in [2.45, 2.75) is 38.3 Å². The predicted octanol–water partition coefficient (Wildman–Crippen LogP) is 0.866. The van der Waals surface area contributed by atoms with E-state index in [4.69, 9.17) is 10.5 Å². The molecule has 1 heterocycles. The second kappa shape index (κ2) is 6.74. The molecule has 0 saturated carbocycles. The SMILES string of the molecule is CCCn1ccnc1C(O)(CCCN)COC. The molecule has 0 radical (unpaired) electrons. The van der Waals surface area contributed by atoms with Gasteiger partial charge < -0.3 is 20.1 Å². The van der Waals surface area contributed by atoms with E-state index in [1.165, 1.54) is 0 Å². The highest BCUT2D eigenvalue weighted by molar-refractivity contribution is 5.05. The van der Waals surface area contributed by atoms with Gasteiger partial charge in [0.2, 0.25) is 0 Å². The van der Waals surface area contributed by atoms with Gasteiger partial charge in [-0.15, -0.1) is 0 Å². The van der Waals surface area contributed by atoms with Gasteiger partial charge in [-0.2, -0.15) is 0 Å². The molecule has 0 bridgehead atoms. The molecule has 0 aliphatic rings. The summed E-state index contributed by atoms with van der Waals surface area (Å²) in [6.07, 6.45) is 5.93. The molecular weight excluding hydrogens is 218 g/mol. The van der Waals surface area contributed by atoms with E-state index in [0.717, 1.165) is 19.4 Å². The second-order valence-electron chi connectivity index (χ2n) is 4.30. The highest BCUT2D eigenvalue weighted by atomic mass is 16.5. The molecule has 0 aliphatic carbocycles. The number of aromatic nitrogens is 2. The normalized spacial score (nSPS) is 14.8. The molecular formula is C12H23N3O2. The Labute approximate surface area is 103 Å². The largest absolute Gasteiger partial charge is 0.381 e. The average molecular weight is 241 g/mol. The van der Waals surface area contributed by atoms with Crippen LogP contribution in [-0.2, 0) is 16.9 Å². The Hall–Kier alpha value is -0.910. The molecule has 0 aromatic carbocycles. The fraction of sp³-hybridized carbons (Fsp3) is 0.750. The van der Waals surface area contributed by atoms with Crippen LogP contribution in [0.2, 0.25) is 0 Å². The van der Waals surface area contributed by atoms with Crippen molar-refractivity contribution < 1.29 is 9.84 Å². The molecule has 5 heteroatoms. The van der Waals surface area contributed by atoms with E-state index in [9.17, 15) is 5.11 Å². The number of aliphatic hydroxyl groups is 1. The van der Waals surface area contributed by atoms with Crippen molar-refractivity contribution in [2.75, 3.05) is 20.3 Å². The van der Waals surface area contributed by atoms with Crippen molar-refractivity contribution in [2.24, 2.45) is 5.73 Å². The summed E-state index contributed by atoms with van der Waals surface area (Å²) in [7, 11) is 1.58. The maximum absolute atomic E-state index is 10.6. The Bertz CT molecular complexity index is 327. The molecule has 0 spiro atoms. The van der Waals surface area contributed by atoms with Crippen LogP contribution in [0.1, 0.15) is 32.0 Å². The first-order chi connectivity index (χ1) is 8.18. The first-order valence-corrected chi connectivity index (χ1v) is 6.11. The number of nitrogens with zero attached hydrogens (tertiary/aromatic N) is 2. The number of nitrogens with two attached hydrogens (primary N) is 1. The number of ether oxygens (including phenoxy) is 1. The van der Waals surface area contributed by atoms with Crippen LogP contribution >= 0.6 is 0 Å². The maximum atomic E-state index is 10.6. The smallest absolute Gasteiger partial charge is 0.145 e. The summed E-state index contributed by atoms with van der Waals surface area (Å²) in [6.45, 7) is 3.75. The summed E-state index contributed by atoms with van der Waals surface area (Å²) in [5.74, 6) is 0.676. The fourth-order valence-electron chi connectivity index (χ4n) is 2.02. The molecule has 1 unspecified atom stereocenters. The van der Waals surface area contributed by atoms with E-state index in [-0.39, 0.29) is 6.61 Å². The van der Waals surface area contributed by atoms with Gasteiger partial charge in [0.1, 0.15) is 11.4 Å². The molecule has 1 aromatic heterocycles. The lowest BCUT2D eigenvalue weighted by atomic mass is 9.97. The third-order valence-corrected chi connectivity index (χ3v) is 2.77. The summed E-state index contributed by atoms with van der Waals surface area (Å²) in [4.78, 5) is 4.27. The first kappa shape index (κ1) is 14.2. The van der Waals surface area contributed by atoms with E-state index < -0.39 is 5.60 Å². The topological polar surface area (TPSA) is 73.3 Å². The van der Waals surface area contributed by atoms with Gasteiger partial charge >= 0.3 is 0 Å². The van der Waals surface area contributed by atoms with Crippen molar-refractivity contribution in [3.8, 4) is 0 Å². The molecule has 1 aromatic rings. The predicted molar refractivity (Wildman–Crippen MR) is 66.6 cm³/mol. The minimum absolute atomic E-state index is 0.244. The summed E-state index contributed by atoms with van der Waals surface area (Å²) in [5, 5.41) is 10.6. The molecule has 1 rings (SSSR count). The van der Waals surface area contributed by atoms with Gasteiger partial charge in [0.25, 0.3) is 0 Å². The summed E-state index contributed by atoms with van der Waals surface area (Å²) >= 11 is 0. The van der Waals surface area contributed by atoms with Crippen molar-refractivity contribution in [1.29, 1.82) is 0 Å². The molecule has 17 heavy (non-hydrogen) atoms. The molecule has 0 saturated heterocycles. The fourth-order valence-corrected chi connectivity index (χ4v) is 2.02. The first-order valence-electron chi connectivity index (χ1n) is 6.11. The lowest BCUT2D eigenvalue weighted by Gasteiger charge is -2.27. The van der Waals surface area contributed by atoms with E-state index in [2.05, 4.69) is 11.9 Å². The molecule has 5 nitrogen and oxygen atoms in total. The van der Waals surface area contributed by atoms with Crippen LogP contribution in [0.5, 0.6) is 0 Å². The van der Waals surface area contributed by atoms with Gasteiger partial charge in [-0.1, -0.05) is 6.92 Å². The second-order valence-corrected chi connectivity index (χ2v) is 4.30. The quantitative estimate of drug-likeness (QED) is 0.708. The van der Waals surface area contributed by atoms with E-state index in [1.807, 2.05) is 10.8 Å². The Morgan fingerprint density at radius 2 is 2.35 bits per heavy atom. The van der Waals surface area contributed by atoms with Crippen molar-refractivity contribution in [1.82, 2.24) is 9.55 Å². The van der Waals surface area contributed by atoms with Gasteiger partial charge in [-0.25, -0.2) is 4.98 Å². The zero-order valence-corrected chi connectivity index (χ0v) is 10.7. The van der Waals surface area contributed by atoms with Crippen molar-refractivity contribution in [3.63, 3.8) is 0 Å². The number of imidazole rings is 1. The zero-order chi connectivity index (χ0) is 12.7. The van der Waals surface area contributed by atoms with Crippen LogP contribution in [-0.4, -0.2) is 34.9 Å². The molecule has 1 atom stereocenters. The van der Waals surface area contributed by atoms with Crippen LogP contribution in [0, 0.1) is 0 Å². The third-order valence-electron chi connectivity index (χ3n) is 2.77.